The first-order valence-electron chi connectivity index (χ1n) is 7.63. The Morgan fingerprint density at radius 2 is 2.12 bits per heavy atom. The second-order valence-electron chi connectivity index (χ2n) is 5.24. The third-order valence-electron chi connectivity index (χ3n) is 3.45. The van der Waals surface area contributed by atoms with Gasteiger partial charge in [0.15, 0.2) is 0 Å². The van der Waals surface area contributed by atoms with Gasteiger partial charge >= 0.3 is 5.97 Å². The van der Waals surface area contributed by atoms with Crippen molar-refractivity contribution in [3.05, 3.63) is 57.8 Å². The topological polar surface area (TPSA) is 111 Å². The monoisotopic (exact) mass is 375 g/mol. The Hall–Kier alpha value is -2.94. The highest BCUT2D eigenvalue weighted by Gasteiger charge is 2.15. The molecule has 8 nitrogen and oxygen atoms in total. The van der Waals surface area contributed by atoms with Crippen LogP contribution in [0.3, 0.4) is 0 Å². The Balaban J connectivity index is 2.10. The zero-order valence-corrected chi connectivity index (χ0v) is 15.0. The number of thioether (sulfide) groups is 1. The highest BCUT2D eigenvalue weighted by atomic mass is 32.2. The molecule has 1 aromatic heterocycles. The molecule has 0 unspecified atom stereocenters. The number of anilines is 1. The minimum absolute atomic E-state index is 0.0398. The van der Waals surface area contributed by atoms with Gasteiger partial charge in [-0.3, -0.25) is 19.7 Å². The van der Waals surface area contributed by atoms with Crippen molar-refractivity contribution in [1.82, 2.24) is 4.98 Å². The lowest BCUT2D eigenvalue weighted by molar-refractivity contribution is -0.385. The zero-order chi connectivity index (χ0) is 19.1. The molecule has 0 aliphatic rings. The van der Waals surface area contributed by atoms with Crippen LogP contribution in [0.5, 0.6) is 0 Å². The minimum Gasteiger partial charge on any atom is -0.469 e. The van der Waals surface area contributed by atoms with Gasteiger partial charge in [0.05, 0.1) is 24.1 Å². The molecule has 0 fully saturated rings. The van der Waals surface area contributed by atoms with Gasteiger partial charge in [-0.15, -0.1) is 11.8 Å². The van der Waals surface area contributed by atoms with Crippen molar-refractivity contribution in [3.63, 3.8) is 0 Å². The number of amides is 1. The van der Waals surface area contributed by atoms with Crippen LogP contribution < -0.4 is 5.32 Å². The number of aryl methyl sites for hydroxylation is 1. The zero-order valence-electron chi connectivity index (χ0n) is 14.2. The molecule has 2 rings (SSSR count). The molecule has 1 amide bonds. The van der Waals surface area contributed by atoms with E-state index in [1.807, 2.05) is 0 Å². The number of esters is 1. The number of nitro groups is 1. The number of ether oxygens (including phenoxy) is 1. The summed E-state index contributed by atoms with van der Waals surface area (Å²) in [6.07, 6.45) is 1.82. The van der Waals surface area contributed by atoms with E-state index in [4.69, 9.17) is 0 Å². The summed E-state index contributed by atoms with van der Waals surface area (Å²) in [5.41, 5.74) is 1.18. The van der Waals surface area contributed by atoms with Crippen molar-refractivity contribution < 1.29 is 19.2 Å². The maximum atomic E-state index is 12.4. The Morgan fingerprint density at radius 3 is 2.77 bits per heavy atom. The molecule has 1 N–H and O–H groups in total. The molecule has 0 atom stereocenters. The summed E-state index contributed by atoms with van der Waals surface area (Å²) >= 11 is 1.32. The van der Waals surface area contributed by atoms with E-state index in [2.05, 4.69) is 15.0 Å². The smallest absolute Gasteiger partial charge is 0.306 e. The second kappa shape index (κ2) is 8.95. The van der Waals surface area contributed by atoms with Gasteiger partial charge < -0.3 is 10.1 Å². The standard InChI is InChI=1S/C17H17N3O5S/c1-11-10-12(5-6-14(11)20(23)24)16(22)19-13-4-3-8-18-17(13)26-9-7-15(21)25-2/h3-6,8,10H,7,9H2,1-2H3,(H,19,22). The molecule has 1 aromatic carbocycles. The van der Waals surface area contributed by atoms with Crippen LogP contribution in [0.1, 0.15) is 22.3 Å². The van der Waals surface area contributed by atoms with Crippen molar-refractivity contribution in [2.45, 2.75) is 18.4 Å². The van der Waals surface area contributed by atoms with E-state index < -0.39 is 10.8 Å². The highest BCUT2D eigenvalue weighted by molar-refractivity contribution is 7.99. The number of aromatic nitrogens is 1. The van der Waals surface area contributed by atoms with E-state index in [0.717, 1.165) is 0 Å². The molecule has 9 heteroatoms. The van der Waals surface area contributed by atoms with Crippen LogP contribution in [0.25, 0.3) is 0 Å². The summed E-state index contributed by atoms with van der Waals surface area (Å²) in [5, 5.41) is 14.2. The Bertz CT molecular complexity index is 841. The van der Waals surface area contributed by atoms with Crippen molar-refractivity contribution >= 4 is 35.0 Å². The molecule has 0 spiro atoms. The molecule has 0 saturated carbocycles. The molecule has 0 bridgehead atoms. The second-order valence-corrected chi connectivity index (χ2v) is 6.33. The molecule has 26 heavy (non-hydrogen) atoms. The molecule has 0 saturated heterocycles. The number of carbonyl (C=O) groups excluding carboxylic acids is 2. The molecular formula is C17H17N3O5S. The van der Waals surface area contributed by atoms with E-state index in [0.29, 0.717) is 27.6 Å². The highest BCUT2D eigenvalue weighted by Crippen LogP contribution is 2.26. The number of carbonyl (C=O) groups is 2. The van der Waals surface area contributed by atoms with E-state index >= 15 is 0 Å². The van der Waals surface area contributed by atoms with Crippen molar-refractivity contribution in [2.75, 3.05) is 18.2 Å². The first-order valence-corrected chi connectivity index (χ1v) is 8.62. The fourth-order valence-electron chi connectivity index (χ4n) is 2.13. The summed E-state index contributed by atoms with van der Waals surface area (Å²) in [7, 11) is 1.33. The number of hydrogen-bond acceptors (Lipinski definition) is 7. The number of methoxy groups -OCH3 is 1. The van der Waals surface area contributed by atoms with Gasteiger partial charge in [-0.05, 0) is 31.2 Å². The number of rotatable bonds is 7. The van der Waals surface area contributed by atoms with E-state index in [9.17, 15) is 19.7 Å². The predicted octanol–water partition coefficient (Wildman–Crippen LogP) is 3.21. The Morgan fingerprint density at radius 1 is 1.35 bits per heavy atom. The van der Waals surface area contributed by atoms with E-state index in [-0.39, 0.29) is 18.1 Å². The number of benzene rings is 1. The molecule has 0 aliphatic carbocycles. The lowest BCUT2D eigenvalue weighted by atomic mass is 10.1. The largest absolute Gasteiger partial charge is 0.469 e. The summed E-state index contributed by atoms with van der Waals surface area (Å²) in [6.45, 7) is 1.58. The fourth-order valence-corrected chi connectivity index (χ4v) is 3.00. The lowest BCUT2D eigenvalue weighted by Crippen LogP contribution is -2.13. The van der Waals surface area contributed by atoms with Gasteiger partial charge in [0.2, 0.25) is 0 Å². The lowest BCUT2D eigenvalue weighted by Gasteiger charge is -2.10. The molecule has 0 radical (unpaired) electrons. The number of nitrogens with one attached hydrogen (secondary N) is 1. The SMILES string of the molecule is COC(=O)CCSc1ncccc1NC(=O)c1ccc([N+](=O)[O-])c(C)c1. The maximum Gasteiger partial charge on any atom is 0.306 e. The normalized spacial score (nSPS) is 10.2. The molecule has 2 aromatic rings. The van der Waals surface area contributed by atoms with Crippen molar-refractivity contribution in [1.29, 1.82) is 0 Å². The van der Waals surface area contributed by atoms with Gasteiger partial charge in [-0.2, -0.15) is 0 Å². The molecule has 136 valence electrons. The quantitative estimate of drug-likeness (QED) is 0.342. The van der Waals surface area contributed by atoms with Gasteiger partial charge in [0.25, 0.3) is 11.6 Å². The van der Waals surface area contributed by atoms with Crippen LogP contribution in [0.4, 0.5) is 11.4 Å². The number of pyridine rings is 1. The van der Waals surface area contributed by atoms with Gasteiger partial charge in [-0.1, -0.05) is 0 Å². The average molecular weight is 375 g/mol. The van der Waals surface area contributed by atoms with Crippen LogP contribution in [-0.2, 0) is 9.53 Å². The maximum absolute atomic E-state index is 12.4. The van der Waals surface area contributed by atoms with Crippen molar-refractivity contribution in [3.8, 4) is 0 Å². The third kappa shape index (κ3) is 5.03. The molecular weight excluding hydrogens is 358 g/mol. The Kier molecular flexibility index (Phi) is 6.67. The van der Waals surface area contributed by atoms with Gasteiger partial charge in [0, 0.05) is 29.1 Å². The number of nitro benzene ring substituents is 1. The van der Waals surface area contributed by atoms with Crippen molar-refractivity contribution in [2.24, 2.45) is 0 Å². The number of hydrogen-bond donors (Lipinski definition) is 1. The Labute approximate surface area is 154 Å². The summed E-state index contributed by atoms with van der Waals surface area (Å²) in [4.78, 5) is 38.2. The first-order chi connectivity index (χ1) is 12.4. The van der Waals surface area contributed by atoms with Gasteiger partial charge in [-0.25, -0.2) is 4.98 Å². The fraction of sp³-hybridized carbons (Fsp3) is 0.235. The van der Waals surface area contributed by atoms with E-state index in [1.54, 1.807) is 25.3 Å². The molecule has 1 heterocycles. The first kappa shape index (κ1) is 19.4. The molecule has 0 aliphatic heterocycles. The van der Waals surface area contributed by atoms with Crippen LogP contribution >= 0.6 is 11.8 Å². The third-order valence-corrected chi connectivity index (χ3v) is 4.45. The minimum atomic E-state index is -0.492. The summed E-state index contributed by atoms with van der Waals surface area (Å²) in [6, 6.07) is 7.55. The van der Waals surface area contributed by atoms with Crippen LogP contribution in [0, 0.1) is 17.0 Å². The van der Waals surface area contributed by atoms with Crippen LogP contribution in [0.15, 0.2) is 41.6 Å². The average Bonchev–Trinajstić information content (AvgIpc) is 2.62. The van der Waals surface area contributed by atoms with Crippen LogP contribution in [0.2, 0.25) is 0 Å². The summed E-state index contributed by atoms with van der Waals surface area (Å²) < 4.78 is 4.59. The predicted molar refractivity (Wildman–Crippen MR) is 97.4 cm³/mol. The number of nitrogens with zero attached hydrogens (tertiary/aromatic N) is 2. The van der Waals surface area contributed by atoms with Gasteiger partial charge in [0.1, 0.15) is 5.03 Å². The van der Waals surface area contributed by atoms with Crippen LogP contribution in [-0.4, -0.2) is 34.6 Å². The van der Waals surface area contributed by atoms with E-state index in [1.165, 1.54) is 37.1 Å². The summed E-state index contributed by atoms with van der Waals surface area (Å²) in [5.74, 6) is -0.255.